The molecule has 104 valence electrons. The monoisotopic (exact) mass is 284 g/mol. The molecule has 0 radical (unpaired) electrons. The molecule has 2 aliphatic rings. The zero-order valence-electron chi connectivity index (χ0n) is 10.4. The number of ether oxygens (including phenoxy) is 2. The van der Waals surface area contributed by atoms with Crippen molar-refractivity contribution in [2.24, 2.45) is 0 Å². The van der Waals surface area contributed by atoms with Gasteiger partial charge in [0, 0.05) is 7.05 Å². The smallest absolute Gasteiger partial charge is 0.162 e. The fourth-order valence-electron chi connectivity index (χ4n) is 1.98. The van der Waals surface area contributed by atoms with E-state index in [0.29, 0.717) is 5.76 Å². The highest BCUT2D eigenvalue weighted by Gasteiger charge is 2.28. The lowest BCUT2D eigenvalue weighted by Crippen LogP contribution is -2.36. The fraction of sp³-hybridized carbons (Fsp3) is 0.333. The summed E-state index contributed by atoms with van der Waals surface area (Å²) in [5.41, 5.74) is 0.987. The van der Waals surface area contributed by atoms with Gasteiger partial charge in [-0.05, 0) is 18.4 Å². The van der Waals surface area contributed by atoms with Gasteiger partial charge in [-0.15, -0.1) is 0 Å². The van der Waals surface area contributed by atoms with Crippen molar-refractivity contribution in [3.63, 3.8) is 0 Å². The molecule has 6 nitrogen and oxygen atoms in total. The highest BCUT2D eigenvalue weighted by Crippen LogP contribution is 2.27. The Morgan fingerprint density at radius 3 is 2.95 bits per heavy atom. The van der Waals surface area contributed by atoms with Crippen molar-refractivity contribution < 1.29 is 22.5 Å². The van der Waals surface area contributed by atoms with Crippen LogP contribution in [0, 0.1) is 0 Å². The van der Waals surface area contributed by atoms with Gasteiger partial charge in [0.25, 0.3) is 0 Å². The average molecular weight is 284 g/mol. The molecule has 0 bridgehead atoms. The van der Waals surface area contributed by atoms with Gasteiger partial charge in [-0.1, -0.05) is 18.2 Å². The molecule has 2 unspecified atom stereocenters. The molecule has 2 atom stereocenters. The summed E-state index contributed by atoms with van der Waals surface area (Å²) in [5, 5.41) is 1.22. The minimum Gasteiger partial charge on any atom is -0.748 e. The number of hydrogen-bond donors (Lipinski definition) is 0. The van der Waals surface area contributed by atoms with Crippen molar-refractivity contribution in [3.8, 4) is 0 Å². The number of rotatable bonds is 5. The first kappa shape index (κ1) is 14.0. The van der Waals surface area contributed by atoms with Gasteiger partial charge < -0.3 is 14.0 Å². The molecule has 2 rings (SSSR count). The zero-order valence-corrected chi connectivity index (χ0v) is 11.2. The topological polar surface area (TPSA) is 71.1 Å². The maximum absolute atomic E-state index is 10.7. The Morgan fingerprint density at radius 2 is 2.37 bits per heavy atom. The van der Waals surface area contributed by atoms with Crippen molar-refractivity contribution in [2.75, 3.05) is 7.05 Å². The molecule has 7 heteroatoms. The van der Waals surface area contributed by atoms with Crippen molar-refractivity contribution in [2.45, 2.75) is 18.9 Å². The fourth-order valence-corrected chi connectivity index (χ4v) is 2.26. The summed E-state index contributed by atoms with van der Waals surface area (Å²) in [4.78, 5) is 0. The second-order valence-corrected chi connectivity index (χ2v) is 4.54. The lowest BCUT2D eigenvalue weighted by Gasteiger charge is -2.31. The van der Waals surface area contributed by atoms with Crippen LogP contribution in [-0.4, -0.2) is 26.9 Å². The Morgan fingerprint density at radius 1 is 1.53 bits per heavy atom. The zero-order chi connectivity index (χ0) is 13.7. The third-order valence-corrected chi connectivity index (χ3v) is 3.09. The maximum atomic E-state index is 10.7. The van der Waals surface area contributed by atoms with Gasteiger partial charge in [-0.3, -0.25) is 0 Å². The summed E-state index contributed by atoms with van der Waals surface area (Å²) in [6, 6.07) is -0.451. The van der Waals surface area contributed by atoms with E-state index in [-0.39, 0.29) is 0 Å². The van der Waals surface area contributed by atoms with Crippen LogP contribution in [0.5, 0.6) is 0 Å². The molecule has 0 aromatic carbocycles. The lowest BCUT2D eigenvalue weighted by molar-refractivity contribution is -0.0567. The molecule has 1 aliphatic heterocycles. The number of allylic oxidation sites excluding steroid dienone is 3. The van der Waals surface area contributed by atoms with Crippen LogP contribution >= 0.6 is 0 Å². The third-order valence-electron chi connectivity index (χ3n) is 2.73. The first-order valence-electron chi connectivity index (χ1n) is 5.72. The second-order valence-electron chi connectivity index (χ2n) is 3.98. The Kier molecular flexibility index (Phi) is 4.92. The van der Waals surface area contributed by atoms with Gasteiger partial charge in [0.1, 0.15) is 36.2 Å². The van der Waals surface area contributed by atoms with E-state index in [2.05, 4.69) is 0 Å². The molecule has 0 N–H and O–H groups in total. The highest BCUT2D eigenvalue weighted by atomic mass is 32.2. The normalized spacial score (nSPS) is 21.2. The van der Waals surface area contributed by atoms with E-state index in [1.807, 2.05) is 18.2 Å². The van der Waals surface area contributed by atoms with Gasteiger partial charge >= 0.3 is 0 Å². The third kappa shape index (κ3) is 3.77. The Hall–Kier alpha value is -1.41. The largest absolute Gasteiger partial charge is 0.748 e. The number of nitrogens with zero attached hydrogens (tertiary/aromatic N) is 1. The van der Waals surface area contributed by atoms with Crippen molar-refractivity contribution in [1.82, 2.24) is 5.06 Å². The van der Waals surface area contributed by atoms with Crippen molar-refractivity contribution in [3.05, 3.63) is 48.3 Å². The van der Waals surface area contributed by atoms with Gasteiger partial charge in [-0.2, -0.15) is 5.06 Å². The molecule has 0 aromatic rings. The number of hydrogen-bond acceptors (Lipinski definition) is 6. The van der Waals surface area contributed by atoms with Gasteiger partial charge in [0.15, 0.2) is 5.76 Å². The van der Waals surface area contributed by atoms with Crippen molar-refractivity contribution in [1.29, 1.82) is 0 Å². The molecule has 0 saturated heterocycles. The van der Waals surface area contributed by atoms with E-state index < -0.39 is 17.4 Å². The summed E-state index contributed by atoms with van der Waals surface area (Å²) in [7, 11) is 1.53. The summed E-state index contributed by atoms with van der Waals surface area (Å²) in [5.74, 6) is 0.469. The highest BCUT2D eigenvalue weighted by molar-refractivity contribution is 7.74. The first-order chi connectivity index (χ1) is 9.18. The average Bonchev–Trinajstić information content (AvgIpc) is 2.40. The molecule has 0 fully saturated rings. The van der Waals surface area contributed by atoms with Crippen molar-refractivity contribution >= 4 is 11.4 Å². The van der Waals surface area contributed by atoms with Crippen LogP contribution in [0.4, 0.5) is 0 Å². The van der Waals surface area contributed by atoms with E-state index in [1.165, 1.54) is 30.9 Å². The van der Waals surface area contributed by atoms with E-state index in [0.717, 1.165) is 18.4 Å². The maximum Gasteiger partial charge on any atom is 0.162 e. The Balaban J connectivity index is 2.21. The quantitative estimate of drug-likeness (QED) is 0.564. The molecule has 1 heterocycles. The molecule has 1 aliphatic carbocycles. The molecule has 0 saturated carbocycles. The lowest BCUT2D eigenvalue weighted by atomic mass is 9.96. The predicted molar refractivity (Wildman–Crippen MR) is 67.4 cm³/mol. The van der Waals surface area contributed by atoms with E-state index in [1.54, 1.807) is 0 Å². The van der Waals surface area contributed by atoms with E-state index in [4.69, 9.17) is 13.8 Å². The first-order valence-corrected chi connectivity index (χ1v) is 6.72. The molecule has 19 heavy (non-hydrogen) atoms. The van der Waals surface area contributed by atoms with Crippen LogP contribution in [0.25, 0.3) is 0 Å². The number of hydroxylamine groups is 2. The van der Waals surface area contributed by atoms with Gasteiger partial charge in [0.2, 0.25) is 0 Å². The van der Waals surface area contributed by atoms with E-state index >= 15 is 0 Å². The standard InChI is InChI=1S/C12H15NO5S/c1-13(18-19(14)15)12(10-5-3-2-4-6-10)11-9-16-7-8-17-11/h2-3,5,7-9,12H,4,6H2,1H3,(H,14,15)/p-1. The Bertz CT molecular complexity index is 469. The van der Waals surface area contributed by atoms with Gasteiger partial charge in [-0.25, -0.2) is 8.49 Å². The minimum absolute atomic E-state index is 0.451. The Labute approximate surface area is 114 Å². The second kappa shape index (κ2) is 6.67. The van der Waals surface area contributed by atoms with E-state index in [9.17, 15) is 8.76 Å². The summed E-state index contributed by atoms with van der Waals surface area (Å²) in [6.45, 7) is 0. The SMILES string of the molecule is CN(OS(=O)[O-])C(C1=CC=CCC1)C1=COC=CO1. The van der Waals surface area contributed by atoms with Crippen LogP contribution < -0.4 is 0 Å². The summed E-state index contributed by atoms with van der Waals surface area (Å²) in [6.07, 6.45) is 11.8. The molecule has 0 amide bonds. The molecular formula is C12H14NO5S-. The summed E-state index contributed by atoms with van der Waals surface area (Å²) < 4.78 is 36.5. The van der Waals surface area contributed by atoms with Crippen LogP contribution in [0.2, 0.25) is 0 Å². The summed E-state index contributed by atoms with van der Waals surface area (Å²) >= 11 is -2.64. The van der Waals surface area contributed by atoms with Crippen LogP contribution in [0.15, 0.2) is 48.3 Å². The minimum atomic E-state index is -2.64. The van der Waals surface area contributed by atoms with Crippen LogP contribution in [0.3, 0.4) is 0 Å². The van der Waals surface area contributed by atoms with Gasteiger partial charge in [0.05, 0.1) is 0 Å². The molecule has 0 aromatic heterocycles. The predicted octanol–water partition coefficient (Wildman–Crippen LogP) is 1.65. The van der Waals surface area contributed by atoms with Crippen LogP contribution in [-0.2, 0) is 25.1 Å². The number of likely N-dealkylation sites (N-methyl/N-ethyl adjacent to an activating group) is 1. The molecular weight excluding hydrogens is 270 g/mol. The van der Waals surface area contributed by atoms with Crippen LogP contribution in [0.1, 0.15) is 12.8 Å². The molecule has 0 spiro atoms.